The predicted octanol–water partition coefficient (Wildman–Crippen LogP) is 3.26. The van der Waals surface area contributed by atoms with Gasteiger partial charge in [-0.15, -0.1) is 10.2 Å². The highest BCUT2D eigenvalue weighted by molar-refractivity contribution is 5.93. The third-order valence-electron chi connectivity index (χ3n) is 5.20. The van der Waals surface area contributed by atoms with Crippen LogP contribution in [0.2, 0.25) is 0 Å². The summed E-state index contributed by atoms with van der Waals surface area (Å²) in [6.45, 7) is 0.298. The molecule has 6 nitrogen and oxygen atoms in total. The first kappa shape index (κ1) is 18.9. The SMILES string of the molecule is NC(=O)c1cccc(-c2ccc(NC[C@]3(c4ncccc4F)C[C@H](F)C3)nn2)c1. The van der Waals surface area contributed by atoms with Crippen molar-refractivity contribution in [2.24, 2.45) is 5.73 Å². The van der Waals surface area contributed by atoms with Crippen molar-refractivity contribution >= 4 is 11.7 Å². The number of halogens is 2. The van der Waals surface area contributed by atoms with Crippen molar-refractivity contribution < 1.29 is 13.6 Å². The Labute approximate surface area is 166 Å². The zero-order valence-corrected chi connectivity index (χ0v) is 15.5. The summed E-state index contributed by atoms with van der Waals surface area (Å²) < 4.78 is 27.9. The number of pyridine rings is 1. The molecular weight excluding hydrogens is 376 g/mol. The zero-order chi connectivity index (χ0) is 20.4. The molecule has 3 aromatic rings. The number of aromatic nitrogens is 3. The van der Waals surface area contributed by atoms with Crippen molar-refractivity contribution in [2.45, 2.75) is 24.4 Å². The molecule has 1 amide bonds. The molecule has 0 radical (unpaired) electrons. The van der Waals surface area contributed by atoms with Gasteiger partial charge >= 0.3 is 0 Å². The standard InChI is InChI=1S/C21H19F2N5O/c22-15-10-21(11-15,19-16(23)5-2-8-25-19)12-26-18-7-6-17(27-28-18)13-3-1-4-14(9-13)20(24)29/h1-9,15H,10-12H2,(H2,24,29)(H,26,28)/t15-,21-. The Morgan fingerprint density at radius 3 is 2.66 bits per heavy atom. The van der Waals surface area contributed by atoms with Gasteiger partial charge in [0.25, 0.3) is 0 Å². The van der Waals surface area contributed by atoms with Gasteiger partial charge in [0.15, 0.2) is 0 Å². The number of nitrogens with one attached hydrogen (secondary N) is 1. The summed E-state index contributed by atoms with van der Waals surface area (Å²) in [7, 11) is 0. The molecule has 0 bridgehead atoms. The van der Waals surface area contributed by atoms with Crippen molar-refractivity contribution in [1.82, 2.24) is 15.2 Å². The van der Waals surface area contributed by atoms with Crippen LogP contribution in [0, 0.1) is 5.82 Å². The maximum absolute atomic E-state index is 14.2. The molecule has 3 N–H and O–H groups in total. The maximum Gasteiger partial charge on any atom is 0.248 e. The lowest BCUT2D eigenvalue weighted by molar-refractivity contribution is 0.0963. The summed E-state index contributed by atoms with van der Waals surface area (Å²) in [4.78, 5) is 15.5. The van der Waals surface area contributed by atoms with Gasteiger partial charge in [-0.25, -0.2) is 8.78 Å². The van der Waals surface area contributed by atoms with E-state index in [1.165, 1.54) is 18.3 Å². The van der Waals surface area contributed by atoms with Gasteiger partial charge in [-0.05, 0) is 49.2 Å². The fraction of sp³-hybridized carbons (Fsp3) is 0.238. The number of carbonyl (C=O) groups excluding carboxylic acids is 1. The van der Waals surface area contributed by atoms with E-state index in [2.05, 4.69) is 20.5 Å². The molecule has 1 fully saturated rings. The van der Waals surface area contributed by atoms with E-state index >= 15 is 0 Å². The lowest BCUT2D eigenvalue weighted by atomic mass is 9.65. The second kappa shape index (κ2) is 7.54. The first-order valence-corrected chi connectivity index (χ1v) is 9.20. The maximum atomic E-state index is 14.2. The van der Waals surface area contributed by atoms with Crippen molar-refractivity contribution in [3.05, 3.63) is 71.8 Å². The molecule has 148 valence electrons. The minimum absolute atomic E-state index is 0.208. The third kappa shape index (κ3) is 3.78. The topological polar surface area (TPSA) is 93.8 Å². The Morgan fingerprint density at radius 1 is 1.17 bits per heavy atom. The van der Waals surface area contributed by atoms with E-state index in [0.29, 0.717) is 29.2 Å². The quantitative estimate of drug-likeness (QED) is 0.668. The van der Waals surface area contributed by atoms with Crippen molar-refractivity contribution in [3.8, 4) is 11.3 Å². The minimum atomic E-state index is -0.968. The second-order valence-electron chi connectivity index (χ2n) is 7.22. The van der Waals surface area contributed by atoms with Gasteiger partial charge in [0.1, 0.15) is 17.8 Å². The molecule has 8 heteroatoms. The van der Waals surface area contributed by atoms with Gasteiger partial charge in [0.05, 0.1) is 11.4 Å². The molecule has 1 saturated carbocycles. The van der Waals surface area contributed by atoms with Crippen molar-refractivity contribution in [2.75, 3.05) is 11.9 Å². The van der Waals surface area contributed by atoms with Crippen molar-refractivity contribution in [3.63, 3.8) is 0 Å². The molecule has 4 rings (SSSR count). The molecular formula is C21H19F2N5O. The van der Waals surface area contributed by atoms with Crippen LogP contribution in [0.1, 0.15) is 28.9 Å². The van der Waals surface area contributed by atoms with Crippen LogP contribution in [-0.4, -0.2) is 33.8 Å². The molecule has 0 saturated heterocycles. The Kier molecular flexibility index (Phi) is 4.92. The molecule has 29 heavy (non-hydrogen) atoms. The molecule has 2 aromatic heterocycles. The Hall–Kier alpha value is -3.42. The number of carbonyl (C=O) groups is 1. The fourth-order valence-electron chi connectivity index (χ4n) is 3.66. The number of hydrogen-bond acceptors (Lipinski definition) is 5. The average molecular weight is 395 g/mol. The lowest BCUT2D eigenvalue weighted by Crippen LogP contribution is -2.49. The molecule has 1 aliphatic carbocycles. The smallest absolute Gasteiger partial charge is 0.248 e. The Bertz CT molecular complexity index is 1040. The van der Waals surface area contributed by atoms with Crippen LogP contribution in [0.15, 0.2) is 54.7 Å². The Balaban J connectivity index is 1.50. The van der Waals surface area contributed by atoms with E-state index in [1.807, 2.05) is 0 Å². The molecule has 0 spiro atoms. The first-order chi connectivity index (χ1) is 14.0. The van der Waals surface area contributed by atoms with Gasteiger partial charge < -0.3 is 11.1 Å². The number of alkyl halides is 1. The van der Waals surface area contributed by atoms with Gasteiger partial charge in [-0.2, -0.15) is 0 Å². The highest BCUT2D eigenvalue weighted by Crippen LogP contribution is 2.45. The van der Waals surface area contributed by atoms with E-state index in [0.717, 1.165) is 0 Å². The molecule has 0 unspecified atom stereocenters. The van der Waals surface area contributed by atoms with E-state index in [4.69, 9.17) is 5.73 Å². The number of amides is 1. The van der Waals surface area contributed by atoms with E-state index in [1.54, 1.807) is 36.4 Å². The Morgan fingerprint density at radius 2 is 2.00 bits per heavy atom. The highest BCUT2D eigenvalue weighted by Gasteiger charge is 2.48. The van der Waals surface area contributed by atoms with Crippen LogP contribution in [0.4, 0.5) is 14.6 Å². The fourth-order valence-corrected chi connectivity index (χ4v) is 3.66. The van der Waals surface area contributed by atoms with Gasteiger partial charge in [-0.3, -0.25) is 9.78 Å². The van der Waals surface area contributed by atoms with Crippen molar-refractivity contribution in [1.29, 1.82) is 0 Å². The van der Waals surface area contributed by atoms with Gasteiger partial charge in [0.2, 0.25) is 5.91 Å². The average Bonchev–Trinajstić information content (AvgIpc) is 2.71. The molecule has 1 aliphatic rings. The number of anilines is 1. The lowest BCUT2D eigenvalue weighted by Gasteiger charge is -2.44. The zero-order valence-electron chi connectivity index (χ0n) is 15.5. The first-order valence-electron chi connectivity index (χ1n) is 9.20. The van der Waals surface area contributed by atoms with E-state index in [-0.39, 0.29) is 18.5 Å². The van der Waals surface area contributed by atoms with Crippen LogP contribution in [0.5, 0.6) is 0 Å². The molecule has 0 aliphatic heterocycles. The van der Waals surface area contributed by atoms with E-state index in [9.17, 15) is 13.6 Å². The number of nitrogens with two attached hydrogens (primary N) is 1. The van der Waals surface area contributed by atoms with Crippen LogP contribution < -0.4 is 11.1 Å². The van der Waals surface area contributed by atoms with Crippen LogP contribution in [0.25, 0.3) is 11.3 Å². The summed E-state index contributed by atoms with van der Waals surface area (Å²) in [5.41, 5.74) is 6.55. The summed E-state index contributed by atoms with van der Waals surface area (Å²) in [5.74, 6) is -0.466. The third-order valence-corrected chi connectivity index (χ3v) is 5.20. The largest absolute Gasteiger partial charge is 0.368 e. The molecule has 2 heterocycles. The van der Waals surface area contributed by atoms with E-state index < -0.39 is 23.3 Å². The summed E-state index contributed by atoms with van der Waals surface area (Å²) >= 11 is 0. The predicted molar refractivity (Wildman–Crippen MR) is 104 cm³/mol. The second-order valence-corrected chi connectivity index (χ2v) is 7.22. The number of rotatable bonds is 6. The molecule has 0 atom stereocenters. The monoisotopic (exact) mass is 395 g/mol. The van der Waals surface area contributed by atoms with Gasteiger partial charge in [0, 0.05) is 29.3 Å². The summed E-state index contributed by atoms with van der Waals surface area (Å²) in [5, 5.41) is 11.4. The van der Waals surface area contributed by atoms with Gasteiger partial charge in [-0.1, -0.05) is 12.1 Å². The highest BCUT2D eigenvalue weighted by atomic mass is 19.1. The van der Waals surface area contributed by atoms with Crippen LogP contribution in [0.3, 0.4) is 0 Å². The summed E-state index contributed by atoms with van der Waals surface area (Å²) in [6.07, 6.45) is 0.961. The number of primary amides is 1. The van der Waals surface area contributed by atoms with Crippen LogP contribution in [-0.2, 0) is 5.41 Å². The normalized spacial score (nSPS) is 20.7. The summed E-state index contributed by atoms with van der Waals surface area (Å²) in [6, 6.07) is 13.1. The number of nitrogens with zero attached hydrogens (tertiary/aromatic N) is 3. The molecule has 1 aromatic carbocycles. The van der Waals surface area contributed by atoms with Crippen LogP contribution >= 0.6 is 0 Å². The number of hydrogen-bond donors (Lipinski definition) is 2. The minimum Gasteiger partial charge on any atom is -0.368 e. The number of benzene rings is 1.